The molecule has 0 radical (unpaired) electrons. The highest BCUT2D eigenvalue weighted by molar-refractivity contribution is 5.92. The fourth-order valence-electron chi connectivity index (χ4n) is 1.68. The van der Waals surface area contributed by atoms with Gasteiger partial charge >= 0.3 is 6.03 Å². The number of anilines is 1. The van der Waals surface area contributed by atoms with E-state index in [1.54, 1.807) is 4.90 Å². The van der Waals surface area contributed by atoms with Gasteiger partial charge in [0.05, 0.1) is 0 Å². The van der Waals surface area contributed by atoms with Crippen LogP contribution in [0.5, 0.6) is 0 Å². The number of nitrogens with two attached hydrogens (primary N) is 1. The van der Waals surface area contributed by atoms with Crippen LogP contribution in [0.1, 0.15) is 26.3 Å². The maximum absolute atomic E-state index is 11.9. The predicted octanol–water partition coefficient (Wildman–Crippen LogP) is 2.09. The van der Waals surface area contributed by atoms with Crippen LogP contribution in [0.15, 0.2) is 24.3 Å². The quantitative estimate of drug-likeness (QED) is 0.839. The Bertz CT molecular complexity index is 359. The third-order valence-electron chi connectivity index (χ3n) is 2.51. The lowest BCUT2D eigenvalue weighted by Gasteiger charge is -2.27. The Morgan fingerprint density at radius 1 is 1.35 bits per heavy atom. The van der Waals surface area contributed by atoms with Gasteiger partial charge in [0.1, 0.15) is 0 Å². The molecule has 0 atom stereocenters. The zero-order valence-electron chi connectivity index (χ0n) is 10.7. The van der Waals surface area contributed by atoms with Crippen molar-refractivity contribution in [2.45, 2.75) is 33.4 Å². The number of nitrogens with one attached hydrogen (secondary N) is 1. The first kappa shape index (κ1) is 13.5. The van der Waals surface area contributed by atoms with Crippen molar-refractivity contribution in [2.75, 3.05) is 11.4 Å². The minimum absolute atomic E-state index is 0.0667. The van der Waals surface area contributed by atoms with Crippen LogP contribution >= 0.6 is 0 Å². The van der Waals surface area contributed by atoms with Gasteiger partial charge in [-0.05, 0) is 38.5 Å². The lowest BCUT2D eigenvalue weighted by Crippen LogP contribution is -2.44. The summed E-state index contributed by atoms with van der Waals surface area (Å²) in [5.74, 6) is 0. The van der Waals surface area contributed by atoms with Crippen molar-refractivity contribution in [3.05, 3.63) is 29.8 Å². The Kier molecular flexibility index (Phi) is 4.97. The average Bonchev–Trinajstić information content (AvgIpc) is 2.30. The Morgan fingerprint density at radius 3 is 2.35 bits per heavy atom. The Labute approximate surface area is 103 Å². The molecule has 2 amide bonds. The molecule has 0 heterocycles. The monoisotopic (exact) mass is 235 g/mol. The largest absolute Gasteiger partial charge is 0.338 e. The van der Waals surface area contributed by atoms with Crippen LogP contribution in [0.3, 0.4) is 0 Å². The Hall–Kier alpha value is -1.55. The van der Waals surface area contributed by atoms with Crippen LogP contribution < -0.4 is 16.0 Å². The molecule has 4 nitrogen and oxygen atoms in total. The standard InChI is InChI=1S/C13H21N3O/c1-4-15-13(17)16(10(2)3)12-7-5-11(9-14)6-8-12/h5-8,10H,4,9,14H2,1-3H3,(H,15,17). The number of amides is 2. The second-order valence-corrected chi connectivity index (χ2v) is 4.17. The highest BCUT2D eigenvalue weighted by Gasteiger charge is 2.17. The molecule has 1 rings (SSSR count). The van der Waals surface area contributed by atoms with Gasteiger partial charge < -0.3 is 11.1 Å². The molecule has 0 aliphatic heterocycles. The molecule has 0 fully saturated rings. The topological polar surface area (TPSA) is 58.4 Å². The summed E-state index contributed by atoms with van der Waals surface area (Å²) in [6.07, 6.45) is 0. The van der Waals surface area contributed by atoms with E-state index in [4.69, 9.17) is 5.73 Å². The van der Waals surface area contributed by atoms with Gasteiger partial charge in [-0.15, -0.1) is 0 Å². The lowest BCUT2D eigenvalue weighted by molar-refractivity contribution is 0.245. The number of benzene rings is 1. The lowest BCUT2D eigenvalue weighted by atomic mass is 10.2. The summed E-state index contributed by atoms with van der Waals surface area (Å²) in [6, 6.07) is 7.80. The van der Waals surface area contributed by atoms with E-state index in [-0.39, 0.29) is 12.1 Å². The molecule has 4 heteroatoms. The second-order valence-electron chi connectivity index (χ2n) is 4.17. The molecule has 94 valence electrons. The van der Waals surface area contributed by atoms with Crippen molar-refractivity contribution in [2.24, 2.45) is 5.73 Å². The van der Waals surface area contributed by atoms with Gasteiger partial charge in [0, 0.05) is 24.8 Å². The number of rotatable bonds is 4. The van der Waals surface area contributed by atoms with Gasteiger partial charge in [-0.25, -0.2) is 4.79 Å². The van der Waals surface area contributed by atoms with Crippen LogP contribution in [0.25, 0.3) is 0 Å². The zero-order chi connectivity index (χ0) is 12.8. The fraction of sp³-hybridized carbons (Fsp3) is 0.462. The number of urea groups is 1. The van der Waals surface area contributed by atoms with Crippen molar-refractivity contribution in [1.29, 1.82) is 0 Å². The third-order valence-corrected chi connectivity index (χ3v) is 2.51. The molecule has 0 spiro atoms. The normalized spacial score (nSPS) is 10.4. The predicted molar refractivity (Wildman–Crippen MR) is 71.0 cm³/mol. The molecule has 17 heavy (non-hydrogen) atoms. The minimum atomic E-state index is -0.0667. The molecule has 0 saturated heterocycles. The molecule has 0 saturated carbocycles. The maximum atomic E-state index is 11.9. The second kappa shape index (κ2) is 6.25. The molecule has 1 aromatic rings. The summed E-state index contributed by atoms with van der Waals surface area (Å²) < 4.78 is 0. The van der Waals surface area contributed by atoms with E-state index in [1.807, 2.05) is 45.0 Å². The van der Waals surface area contributed by atoms with E-state index >= 15 is 0 Å². The van der Waals surface area contributed by atoms with Crippen LogP contribution in [-0.2, 0) is 6.54 Å². The number of hydrogen-bond donors (Lipinski definition) is 2. The highest BCUT2D eigenvalue weighted by atomic mass is 16.2. The number of hydrogen-bond acceptors (Lipinski definition) is 2. The summed E-state index contributed by atoms with van der Waals surface area (Å²) in [5.41, 5.74) is 7.51. The zero-order valence-corrected chi connectivity index (χ0v) is 10.7. The minimum Gasteiger partial charge on any atom is -0.338 e. The first-order chi connectivity index (χ1) is 8.10. The number of nitrogens with zero attached hydrogens (tertiary/aromatic N) is 1. The number of carbonyl (C=O) groups is 1. The molecule has 3 N–H and O–H groups in total. The maximum Gasteiger partial charge on any atom is 0.322 e. The van der Waals surface area contributed by atoms with Crippen LogP contribution in [-0.4, -0.2) is 18.6 Å². The Balaban J connectivity index is 2.93. The smallest absolute Gasteiger partial charge is 0.322 e. The molecular weight excluding hydrogens is 214 g/mol. The molecule has 0 aliphatic carbocycles. The van der Waals surface area contributed by atoms with Crippen molar-refractivity contribution >= 4 is 11.7 Å². The summed E-state index contributed by atoms with van der Waals surface area (Å²) in [5, 5.41) is 2.82. The average molecular weight is 235 g/mol. The van der Waals surface area contributed by atoms with Crippen LogP contribution in [0.2, 0.25) is 0 Å². The molecule has 0 aliphatic rings. The molecular formula is C13H21N3O. The van der Waals surface area contributed by atoms with Gasteiger partial charge in [-0.2, -0.15) is 0 Å². The first-order valence-corrected chi connectivity index (χ1v) is 5.96. The SMILES string of the molecule is CCNC(=O)N(c1ccc(CN)cc1)C(C)C. The molecule has 0 bridgehead atoms. The molecule has 1 aromatic carbocycles. The van der Waals surface area contributed by atoms with Gasteiger partial charge in [-0.3, -0.25) is 4.90 Å². The van der Waals surface area contributed by atoms with Gasteiger partial charge in [-0.1, -0.05) is 12.1 Å². The molecule has 0 unspecified atom stereocenters. The summed E-state index contributed by atoms with van der Waals surface area (Å²) >= 11 is 0. The van der Waals surface area contributed by atoms with E-state index in [2.05, 4.69) is 5.32 Å². The fourth-order valence-corrected chi connectivity index (χ4v) is 1.68. The number of carbonyl (C=O) groups excluding carboxylic acids is 1. The van der Waals surface area contributed by atoms with E-state index in [9.17, 15) is 4.79 Å². The van der Waals surface area contributed by atoms with E-state index in [0.717, 1.165) is 11.3 Å². The molecule has 0 aromatic heterocycles. The van der Waals surface area contributed by atoms with Gasteiger partial charge in [0.2, 0.25) is 0 Å². The van der Waals surface area contributed by atoms with Gasteiger partial charge in [0.15, 0.2) is 0 Å². The summed E-state index contributed by atoms with van der Waals surface area (Å²) in [7, 11) is 0. The van der Waals surface area contributed by atoms with Gasteiger partial charge in [0.25, 0.3) is 0 Å². The van der Waals surface area contributed by atoms with Crippen molar-refractivity contribution < 1.29 is 4.79 Å². The van der Waals surface area contributed by atoms with Crippen molar-refractivity contribution in [3.63, 3.8) is 0 Å². The van der Waals surface area contributed by atoms with Crippen LogP contribution in [0.4, 0.5) is 10.5 Å². The van der Waals surface area contributed by atoms with Crippen molar-refractivity contribution in [1.82, 2.24) is 5.32 Å². The first-order valence-electron chi connectivity index (χ1n) is 5.96. The van der Waals surface area contributed by atoms with Crippen LogP contribution in [0, 0.1) is 0 Å². The van der Waals surface area contributed by atoms with E-state index in [1.165, 1.54) is 0 Å². The Morgan fingerprint density at radius 2 is 1.94 bits per heavy atom. The van der Waals surface area contributed by atoms with E-state index in [0.29, 0.717) is 13.1 Å². The highest BCUT2D eigenvalue weighted by Crippen LogP contribution is 2.18. The van der Waals surface area contributed by atoms with Crippen molar-refractivity contribution in [3.8, 4) is 0 Å². The summed E-state index contributed by atoms with van der Waals surface area (Å²) in [6.45, 7) is 7.04. The van der Waals surface area contributed by atoms with E-state index < -0.39 is 0 Å². The third kappa shape index (κ3) is 3.46. The summed E-state index contributed by atoms with van der Waals surface area (Å²) in [4.78, 5) is 13.7.